The molecule has 0 aliphatic heterocycles. The van der Waals surface area contributed by atoms with Gasteiger partial charge in [0.15, 0.2) is 5.82 Å². The van der Waals surface area contributed by atoms with E-state index in [0.29, 0.717) is 6.54 Å². The van der Waals surface area contributed by atoms with Crippen LogP contribution in [0.5, 0.6) is 11.5 Å². The minimum Gasteiger partial charge on any atom is -0.508 e. The minimum atomic E-state index is -0.00990. The summed E-state index contributed by atoms with van der Waals surface area (Å²) >= 11 is 0. The number of hydrogen-bond donors (Lipinski definition) is 3. The lowest BCUT2D eigenvalue weighted by Crippen LogP contribution is -2.21. The number of benzene rings is 1. The molecule has 2 aromatic rings. The average Bonchev–Trinajstić information content (AvgIpc) is 2.75. The summed E-state index contributed by atoms with van der Waals surface area (Å²) in [5.41, 5.74) is 0.756. The van der Waals surface area contributed by atoms with Crippen molar-refractivity contribution in [2.24, 2.45) is 7.05 Å². The van der Waals surface area contributed by atoms with Crippen LogP contribution in [0.15, 0.2) is 24.5 Å². The Bertz CT molecular complexity index is 553. The van der Waals surface area contributed by atoms with Crippen LogP contribution in [0.2, 0.25) is 0 Å². The highest BCUT2D eigenvalue weighted by Crippen LogP contribution is 2.27. The Kier molecular flexibility index (Phi) is 4.01. The van der Waals surface area contributed by atoms with Crippen LogP contribution in [-0.4, -0.2) is 31.5 Å². The number of phenolic OH excluding ortho intramolecular Hbond substituents is 2. The van der Waals surface area contributed by atoms with E-state index in [0.717, 1.165) is 17.8 Å². The van der Waals surface area contributed by atoms with Crippen molar-refractivity contribution < 1.29 is 10.2 Å². The molecule has 1 heterocycles. The van der Waals surface area contributed by atoms with Crippen LogP contribution < -0.4 is 5.32 Å². The van der Waals surface area contributed by atoms with E-state index in [2.05, 4.69) is 15.4 Å². The predicted molar refractivity (Wildman–Crippen MR) is 70.9 cm³/mol. The molecule has 0 fully saturated rings. The Labute approximate surface area is 111 Å². The molecule has 0 saturated carbocycles. The van der Waals surface area contributed by atoms with Crippen molar-refractivity contribution in [3.8, 4) is 11.5 Å². The van der Waals surface area contributed by atoms with Crippen molar-refractivity contribution in [3.05, 3.63) is 35.9 Å². The molecule has 1 unspecified atom stereocenters. The molecule has 0 radical (unpaired) electrons. The predicted octanol–water partition coefficient (Wildman–Crippen LogP) is 1.12. The molecule has 6 heteroatoms. The molecule has 1 aromatic carbocycles. The smallest absolute Gasteiger partial charge is 0.151 e. The molecule has 3 N–H and O–H groups in total. The maximum atomic E-state index is 9.75. The fraction of sp³-hybridized carbons (Fsp3) is 0.385. The first-order valence-corrected chi connectivity index (χ1v) is 6.16. The summed E-state index contributed by atoms with van der Waals surface area (Å²) in [5, 5.41) is 26.5. The molecule has 1 atom stereocenters. The van der Waals surface area contributed by atoms with Crippen LogP contribution in [0.25, 0.3) is 0 Å². The molecule has 0 spiro atoms. The van der Waals surface area contributed by atoms with E-state index in [1.807, 2.05) is 14.0 Å². The van der Waals surface area contributed by atoms with E-state index in [-0.39, 0.29) is 17.5 Å². The standard InChI is InChI=1S/C13H18N4O2/c1-9(11-4-3-10(18)7-12(11)19)14-6-5-13-15-8-17(2)16-13/h3-4,7-9,14,18-19H,5-6H2,1-2H3. The second-order valence-electron chi connectivity index (χ2n) is 4.50. The van der Waals surface area contributed by atoms with E-state index in [9.17, 15) is 10.2 Å². The van der Waals surface area contributed by atoms with Crippen LogP contribution in [-0.2, 0) is 13.5 Å². The zero-order valence-corrected chi connectivity index (χ0v) is 11.0. The Hall–Kier alpha value is -2.08. The molecule has 1 aromatic heterocycles. The third-order valence-electron chi connectivity index (χ3n) is 2.93. The van der Waals surface area contributed by atoms with Gasteiger partial charge < -0.3 is 15.5 Å². The Morgan fingerprint density at radius 3 is 2.79 bits per heavy atom. The molecule has 0 aliphatic rings. The van der Waals surface area contributed by atoms with Gasteiger partial charge in [0.1, 0.15) is 17.8 Å². The second kappa shape index (κ2) is 5.71. The van der Waals surface area contributed by atoms with Gasteiger partial charge in [-0.1, -0.05) is 6.07 Å². The zero-order valence-electron chi connectivity index (χ0n) is 11.0. The summed E-state index contributed by atoms with van der Waals surface area (Å²) in [6, 6.07) is 4.60. The Morgan fingerprint density at radius 2 is 2.16 bits per heavy atom. The van der Waals surface area contributed by atoms with Gasteiger partial charge in [-0.05, 0) is 13.0 Å². The summed E-state index contributed by atoms with van der Waals surface area (Å²) in [5.74, 6) is 0.944. The molecule has 6 nitrogen and oxygen atoms in total. The highest BCUT2D eigenvalue weighted by Gasteiger charge is 2.10. The summed E-state index contributed by atoms with van der Waals surface area (Å²) < 4.78 is 1.67. The molecule has 0 saturated heterocycles. The Balaban J connectivity index is 1.88. The highest BCUT2D eigenvalue weighted by atomic mass is 16.3. The highest BCUT2D eigenvalue weighted by molar-refractivity contribution is 5.40. The zero-order chi connectivity index (χ0) is 13.8. The van der Waals surface area contributed by atoms with Gasteiger partial charge in [0.2, 0.25) is 0 Å². The first kappa shape index (κ1) is 13.4. The van der Waals surface area contributed by atoms with Gasteiger partial charge in [0.05, 0.1) is 0 Å². The van der Waals surface area contributed by atoms with Gasteiger partial charge in [0, 0.05) is 37.7 Å². The van der Waals surface area contributed by atoms with Gasteiger partial charge in [0.25, 0.3) is 0 Å². The van der Waals surface area contributed by atoms with Crippen LogP contribution in [0, 0.1) is 0 Å². The summed E-state index contributed by atoms with van der Waals surface area (Å²) in [6.45, 7) is 2.67. The summed E-state index contributed by atoms with van der Waals surface area (Å²) in [7, 11) is 1.83. The Morgan fingerprint density at radius 1 is 1.37 bits per heavy atom. The third kappa shape index (κ3) is 3.45. The molecular weight excluding hydrogens is 244 g/mol. The third-order valence-corrected chi connectivity index (χ3v) is 2.93. The van der Waals surface area contributed by atoms with E-state index < -0.39 is 0 Å². The number of aryl methyl sites for hydroxylation is 1. The van der Waals surface area contributed by atoms with E-state index in [1.165, 1.54) is 6.07 Å². The largest absolute Gasteiger partial charge is 0.508 e. The molecule has 0 amide bonds. The summed E-state index contributed by atoms with van der Waals surface area (Å²) in [4.78, 5) is 4.14. The monoisotopic (exact) mass is 262 g/mol. The maximum Gasteiger partial charge on any atom is 0.151 e. The first-order valence-electron chi connectivity index (χ1n) is 6.16. The van der Waals surface area contributed by atoms with Gasteiger partial charge in [-0.2, -0.15) is 5.10 Å². The number of aromatic nitrogens is 3. The van der Waals surface area contributed by atoms with E-state index in [4.69, 9.17) is 0 Å². The van der Waals surface area contributed by atoms with Crippen molar-refractivity contribution in [3.63, 3.8) is 0 Å². The number of nitrogens with one attached hydrogen (secondary N) is 1. The van der Waals surface area contributed by atoms with Crippen LogP contribution >= 0.6 is 0 Å². The van der Waals surface area contributed by atoms with Crippen LogP contribution in [0.4, 0.5) is 0 Å². The number of aromatic hydroxyl groups is 2. The van der Waals surface area contributed by atoms with Gasteiger partial charge >= 0.3 is 0 Å². The second-order valence-corrected chi connectivity index (χ2v) is 4.50. The van der Waals surface area contributed by atoms with Crippen molar-refractivity contribution in [2.45, 2.75) is 19.4 Å². The van der Waals surface area contributed by atoms with Gasteiger partial charge in [-0.25, -0.2) is 4.98 Å². The maximum absolute atomic E-state index is 9.75. The molecule has 102 valence electrons. The van der Waals surface area contributed by atoms with Crippen molar-refractivity contribution in [2.75, 3.05) is 6.54 Å². The molecule has 2 rings (SSSR count). The van der Waals surface area contributed by atoms with E-state index >= 15 is 0 Å². The first-order chi connectivity index (χ1) is 9.06. The van der Waals surface area contributed by atoms with Gasteiger partial charge in [-0.15, -0.1) is 0 Å². The fourth-order valence-electron chi connectivity index (χ4n) is 1.91. The topological polar surface area (TPSA) is 83.2 Å². The molecule has 0 bridgehead atoms. The van der Waals surface area contributed by atoms with Crippen molar-refractivity contribution in [1.82, 2.24) is 20.1 Å². The lowest BCUT2D eigenvalue weighted by molar-refractivity contribution is 0.436. The lowest BCUT2D eigenvalue weighted by atomic mass is 10.1. The van der Waals surface area contributed by atoms with Crippen molar-refractivity contribution >= 4 is 0 Å². The molecular formula is C13H18N4O2. The lowest BCUT2D eigenvalue weighted by Gasteiger charge is -2.15. The molecule has 19 heavy (non-hydrogen) atoms. The summed E-state index contributed by atoms with van der Waals surface area (Å²) in [6.07, 6.45) is 2.40. The SMILES string of the molecule is CC(NCCc1ncn(C)n1)c1ccc(O)cc1O. The van der Waals surface area contributed by atoms with E-state index in [1.54, 1.807) is 23.1 Å². The average molecular weight is 262 g/mol. The van der Waals surface area contributed by atoms with Crippen LogP contribution in [0.1, 0.15) is 24.4 Å². The van der Waals surface area contributed by atoms with Gasteiger partial charge in [-0.3, -0.25) is 4.68 Å². The minimum absolute atomic E-state index is 0.00990. The quantitative estimate of drug-likeness (QED) is 0.752. The fourth-order valence-corrected chi connectivity index (χ4v) is 1.91. The number of nitrogens with zero attached hydrogens (tertiary/aromatic N) is 3. The number of hydrogen-bond acceptors (Lipinski definition) is 5. The normalized spacial score (nSPS) is 12.5. The molecule has 0 aliphatic carbocycles. The van der Waals surface area contributed by atoms with Crippen molar-refractivity contribution in [1.29, 1.82) is 0 Å². The number of phenols is 2. The number of rotatable bonds is 5. The van der Waals surface area contributed by atoms with Crippen LogP contribution in [0.3, 0.4) is 0 Å².